The Morgan fingerprint density at radius 1 is 1.04 bits per heavy atom. The molecule has 144 valence electrons. The van der Waals surface area contributed by atoms with E-state index in [9.17, 15) is 14.0 Å². The van der Waals surface area contributed by atoms with Crippen molar-refractivity contribution in [3.63, 3.8) is 0 Å². The van der Waals surface area contributed by atoms with Crippen LogP contribution in [0.25, 0.3) is 0 Å². The van der Waals surface area contributed by atoms with E-state index in [0.717, 1.165) is 5.56 Å². The molecule has 2 amide bonds. The maximum atomic E-state index is 12.9. The van der Waals surface area contributed by atoms with Crippen LogP contribution in [-0.4, -0.2) is 44.0 Å². The molecule has 2 aromatic carbocycles. The number of methoxy groups -OCH3 is 2. The van der Waals surface area contributed by atoms with Crippen molar-refractivity contribution < 1.29 is 23.5 Å². The minimum absolute atomic E-state index is 0.0872. The van der Waals surface area contributed by atoms with Crippen LogP contribution in [-0.2, 0) is 11.3 Å². The standard InChI is InChI=1S/C20H23FN2O4/c1-4-23(13-19(24)22-12-14-5-7-16(21)8-6-14)20(25)15-9-17(26-2)11-18(10-15)27-3/h5-11H,4,12-13H2,1-3H3,(H,22,24). The van der Waals surface area contributed by atoms with Crippen molar-refractivity contribution in [1.29, 1.82) is 0 Å². The van der Waals surface area contributed by atoms with Crippen molar-refractivity contribution in [2.45, 2.75) is 13.5 Å². The summed E-state index contributed by atoms with van der Waals surface area (Å²) in [6.07, 6.45) is 0. The average Bonchev–Trinajstić information content (AvgIpc) is 2.70. The van der Waals surface area contributed by atoms with E-state index in [0.29, 0.717) is 23.6 Å². The molecule has 1 N–H and O–H groups in total. The molecule has 0 radical (unpaired) electrons. The summed E-state index contributed by atoms with van der Waals surface area (Å²) in [4.78, 5) is 26.4. The molecule has 0 aromatic heterocycles. The fourth-order valence-electron chi connectivity index (χ4n) is 2.47. The van der Waals surface area contributed by atoms with Crippen molar-refractivity contribution in [3.05, 3.63) is 59.4 Å². The van der Waals surface area contributed by atoms with E-state index in [1.54, 1.807) is 37.3 Å². The van der Waals surface area contributed by atoms with Gasteiger partial charge in [0.05, 0.1) is 20.8 Å². The van der Waals surface area contributed by atoms with Gasteiger partial charge in [-0.15, -0.1) is 0 Å². The van der Waals surface area contributed by atoms with Gasteiger partial charge < -0.3 is 19.7 Å². The highest BCUT2D eigenvalue weighted by Gasteiger charge is 2.19. The van der Waals surface area contributed by atoms with E-state index in [1.165, 1.54) is 31.3 Å². The van der Waals surface area contributed by atoms with Crippen molar-refractivity contribution in [1.82, 2.24) is 10.2 Å². The van der Waals surface area contributed by atoms with Crippen LogP contribution in [0.3, 0.4) is 0 Å². The van der Waals surface area contributed by atoms with Gasteiger partial charge in [-0.3, -0.25) is 9.59 Å². The molecule has 2 rings (SSSR count). The molecule has 7 heteroatoms. The molecule has 0 aliphatic carbocycles. The summed E-state index contributed by atoms with van der Waals surface area (Å²) in [6, 6.07) is 10.7. The Bertz CT molecular complexity index is 771. The highest BCUT2D eigenvalue weighted by atomic mass is 19.1. The zero-order chi connectivity index (χ0) is 19.8. The first-order valence-electron chi connectivity index (χ1n) is 8.50. The maximum Gasteiger partial charge on any atom is 0.254 e. The largest absolute Gasteiger partial charge is 0.497 e. The number of ether oxygens (including phenoxy) is 2. The van der Waals surface area contributed by atoms with Gasteiger partial charge in [0.25, 0.3) is 5.91 Å². The lowest BCUT2D eigenvalue weighted by atomic mass is 10.1. The normalized spacial score (nSPS) is 10.2. The van der Waals surface area contributed by atoms with Gasteiger partial charge in [-0.2, -0.15) is 0 Å². The fraction of sp³-hybridized carbons (Fsp3) is 0.300. The lowest BCUT2D eigenvalue weighted by Crippen LogP contribution is -2.40. The first kappa shape index (κ1) is 20.2. The minimum Gasteiger partial charge on any atom is -0.497 e. The molecule has 27 heavy (non-hydrogen) atoms. The van der Waals surface area contributed by atoms with E-state index in [2.05, 4.69) is 5.32 Å². The molecule has 0 fully saturated rings. The molecule has 0 aliphatic heterocycles. The Morgan fingerprint density at radius 3 is 2.15 bits per heavy atom. The number of benzene rings is 2. The van der Waals surface area contributed by atoms with Crippen molar-refractivity contribution in [3.8, 4) is 11.5 Å². The summed E-state index contributed by atoms with van der Waals surface area (Å²) in [6.45, 7) is 2.33. The molecule has 0 heterocycles. The first-order chi connectivity index (χ1) is 13.0. The van der Waals surface area contributed by atoms with Gasteiger partial charge in [-0.05, 0) is 36.8 Å². The SMILES string of the molecule is CCN(CC(=O)NCc1ccc(F)cc1)C(=O)c1cc(OC)cc(OC)c1. The highest BCUT2D eigenvalue weighted by Crippen LogP contribution is 2.23. The highest BCUT2D eigenvalue weighted by molar-refractivity contribution is 5.97. The number of carbonyl (C=O) groups excluding carboxylic acids is 2. The minimum atomic E-state index is -0.332. The molecule has 2 aromatic rings. The van der Waals surface area contributed by atoms with Crippen LogP contribution in [0.2, 0.25) is 0 Å². The number of halogens is 1. The second-order valence-corrected chi connectivity index (χ2v) is 5.82. The first-order valence-corrected chi connectivity index (χ1v) is 8.50. The molecule has 0 saturated carbocycles. The average molecular weight is 374 g/mol. The number of nitrogens with zero attached hydrogens (tertiary/aromatic N) is 1. The Morgan fingerprint density at radius 2 is 1.63 bits per heavy atom. The van der Waals surface area contributed by atoms with E-state index >= 15 is 0 Å². The van der Waals surface area contributed by atoms with Gasteiger partial charge in [-0.1, -0.05) is 12.1 Å². The van der Waals surface area contributed by atoms with Gasteiger partial charge in [-0.25, -0.2) is 4.39 Å². The second kappa shape index (κ2) is 9.56. The third-order valence-electron chi connectivity index (χ3n) is 4.00. The molecule has 0 aliphatic rings. The summed E-state index contributed by atoms with van der Waals surface area (Å²) in [7, 11) is 3.01. The summed E-state index contributed by atoms with van der Waals surface area (Å²) in [5.74, 6) is 0.0570. The maximum absolute atomic E-state index is 12.9. The molecule has 0 saturated heterocycles. The number of hydrogen-bond acceptors (Lipinski definition) is 4. The van der Waals surface area contributed by atoms with Crippen LogP contribution in [0.4, 0.5) is 4.39 Å². The second-order valence-electron chi connectivity index (χ2n) is 5.82. The molecule has 0 unspecified atom stereocenters. The molecule has 0 spiro atoms. The smallest absolute Gasteiger partial charge is 0.254 e. The Hall–Kier alpha value is -3.09. The van der Waals surface area contributed by atoms with E-state index in [1.807, 2.05) is 0 Å². The van der Waals surface area contributed by atoms with E-state index < -0.39 is 0 Å². The predicted molar refractivity (Wildman–Crippen MR) is 99.4 cm³/mol. The summed E-state index contributed by atoms with van der Waals surface area (Å²) >= 11 is 0. The van der Waals surface area contributed by atoms with Gasteiger partial charge in [0, 0.05) is 24.7 Å². The summed E-state index contributed by atoms with van der Waals surface area (Å²) in [5.41, 5.74) is 1.15. The predicted octanol–water partition coefficient (Wildman–Crippen LogP) is 2.62. The fourth-order valence-corrected chi connectivity index (χ4v) is 2.47. The van der Waals surface area contributed by atoms with Crippen LogP contribution < -0.4 is 14.8 Å². The third kappa shape index (κ3) is 5.70. The summed E-state index contributed by atoms with van der Waals surface area (Å²) in [5, 5.41) is 2.73. The zero-order valence-corrected chi connectivity index (χ0v) is 15.6. The Labute approximate surface area is 157 Å². The van der Waals surface area contributed by atoms with Crippen LogP contribution in [0.5, 0.6) is 11.5 Å². The van der Waals surface area contributed by atoms with Gasteiger partial charge in [0.15, 0.2) is 0 Å². The van der Waals surface area contributed by atoms with Crippen LogP contribution in [0, 0.1) is 5.82 Å². The van der Waals surface area contributed by atoms with E-state index in [-0.39, 0.29) is 30.7 Å². The number of carbonyl (C=O) groups is 2. The number of amides is 2. The molecular weight excluding hydrogens is 351 g/mol. The summed E-state index contributed by atoms with van der Waals surface area (Å²) < 4.78 is 23.3. The number of hydrogen-bond donors (Lipinski definition) is 1. The quantitative estimate of drug-likeness (QED) is 0.771. The van der Waals surface area contributed by atoms with Crippen molar-refractivity contribution >= 4 is 11.8 Å². The van der Waals surface area contributed by atoms with Crippen LogP contribution >= 0.6 is 0 Å². The topological polar surface area (TPSA) is 67.9 Å². The van der Waals surface area contributed by atoms with Crippen molar-refractivity contribution in [2.24, 2.45) is 0 Å². The molecule has 0 atom stereocenters. The third-order valence-corrected chi connectivity index (χ3v) is 4.00. The van der Waals surface area contributed by atoms with Crippen LogP contribution in [0.15, 0.2) is 42.5 Å². The lowest BCUT2D eigenvalue weighted by Gasteiger charge is -2.21. The van der Waals surface area contributed by atoms with E-state index in [4.69, 9.17) is 9.47 Å². The van der Waals surface area contributed by atoms with Gasteiger partial charge in [0.2, 0.25) is 5.91 Å². The molecular formula is C20H23FN2O4. The van der Waals surface area contributed by atoms with Crippen LogP contribution in [0.1, 0.15) is 22.8 Å². The Kier molecular flexibility index (Phi) is 7.16. The number of likely N-dealkylation sites (N-methyl/N-ethyl adjacent to an activating group) is 1. The van der Waals surface area contributed by atoms with Gasteiger partial charge >= 0.3 is 0 Å². The Balaban J connectivity index is 2.01. The number of nitrogens with one attached hydrogen (secondary N) is 1. The zero-order valence-electron chi connectivity index (χ0n) is 15.6. The monoisotopic (exact) mass is 374 g/mol. The van der Waals surface area contributed by atoms with Crippen molar-refractivity contribution in [2.75, 3.05) is 27.3 Å². The van der Waals surface area contributed by atoms with Gasteiger partial charge in [0.1, 0.15) is 17.3 Å². The molecule has 6 nitrogen and oxygen atoms in total. The lowest BCUT2D eigenvalue weighted by molar-refractivity contribution is -0.121. The molecule has 0 bridgehead atoms. The number of rotatable bonds is 8.